The number of ether oxygens (including phenoxy) is 1. The number of nitrogens with zero attached hydrogens (tertiary/aromatic N) is 3. The summed E-state index contributed by atoms with van der Waals surface area (Å²) in [6, 6.07) is 5.79. The van der Waals surface area contributed by atoms with Crippen LogP contribution >= 0.6 is 11.3 Å². The lowest BCUT2D eigenvalue weighted by Gasteiger charge is -2.19. The minimum atomic E-state index is -0.652. The van der Waals surface area contributed by atoms with Crippen molar-refractivity contribution in [1.82, 2.24) is 4.98 Å². The number of carbonyl (C=O) groups excluding carboxylic acids is 1. The Morgan fingerprint density at radius 3 is 2.80 bits per heavy atom. The first kappa shape index (κ1) is 18.9. The van der Waals surface area contributed by atoms with Crippen molar-refractivity contribution in [2.75, 3.05) is 25.1 Å². The van der Waals surface area contributed by atoms with Crippen molar-refractivity contribution in [2.45, 2.75) is 26.4 Å². The third-order valence-electron chi connectivity index (χ3n) is 3.25. The van der Waals surface area contributed by atoms with E-state index in [0.29, 0.717) is 11.6 Å². The number of aliphatic hydroxyl groups is 1. The molecule has 0 fully saturated rings. The first-order valence-electron chi connectivity index (χ1n) is 7.78. The Kier molecular flexibility index (Phi) is 5.77. The van der Waals surface area contributed by atoms with Gasteiger partial charge >= 0.3 is 5.97 Å². The highest BCUT2D eigenvalue weighted by Crippen LogP contribution is 2.28. The quantitative estimate of drug-likeness (QED) is 0.504. The van der Waals surface area contributed by atoms with E-state index in [-0.39, 0.29) is 12.3 Å². The van der Waals surface area contributed by atoms with Gasteiger partial charge in [-0.15, -0.1) is 11.3 Å². The van der Waals surface area contributed by atoms with Gasteiger partial charge in [-0.2, -0.15) is 0 Å². The molecule has 2 rings (SSSR count). The van der Waals surface area contributed by atoms with Gasteiger partial charge in [-0.1, -0.05) is 0 Å². The van der Waals surface area contributed by atoms with E-state index in [1.807, 2.05) is 30.1 Å². The van der Waals surface area contributed by atoms with Crippen LogP contribution in [0.4, 0.5) is 5.69 Å². The fraction of sp³-hybridized carbons (Fsp3) is 0.389. The predicted octanol–water partition coefficient (Wildman–Crippen LogP) is 3.33. The molecule has 0 saturated heterocycles. The zero-order chi connectivity index (χ0) is 18.6. The van der Waals surface area contributed by atoms with E-state index in [2.05, 4.69) is 9.83 Å². The van der Waals surface area contributed by atoms with Crippen molar-refractivity contribution in [1.29, 1.82) is 0 Å². The highest BCUT2D eigenvalue weighted by molar-refractivity contribution is 7.19. The molecule has 0 spiro atoms. The van der Waals surface area contributed by atoms with Crippen LogP contribution in [0.15, 0.2) is 23.9 Å². The SMILES string of the molecule is [C-]#[N+]/C(=C\c1nc2ccc(N(C)CCO)cc2s1)C(=O)OC(C)(C)C. The molecule has 0 radical (unpaired) electrons. The molecule has 6 nitrogen and oxygen atoms in total. The van der Waals surface area contributed by atoms with Gasteiger partial charge in [-0.3, -0.25) is 4.79 Å². The molecule has 0 aliphatic rings. The van der Waals surface area contributed by atoms with Crippen molar-refractivity contribution in [3.8, 4) is 0 Å². The maximum atomic E-state index is 12.1. The number of likely N-dealkylation sites (N-methyl/N-ethyl adjacent to an activating group) is 1. The van der Waals surface area contributed by atoms with Gasteiger partial charge in [0.2, 0.25) is 0 Å². The number of rotatable bonds is 5. The van der Waals surface area contributed by atoms with E-state index in [9.17, 15) is 4.79 Å². The molecular weight excluding hydrogens is 338 g/mol. The summed E-state index contributed by atoms with van der Waals surface area (Å²) in [4.78, 5) is 21.7. The summed E-state index contributed by atoms with van der Waals surface area (Å²) in [7, 11) is 1.90. The fourth-order valence-corrected chi connectivity index (χ4v) is 3.03. The van der Waals surface area contributed by atoms with Crippen LogP contribution in [-0.4, -0.2) is 41.9 Å². The molecule has 1 N–H and O–H groups in total. The second-order valence-corrected chi connectivity index (χ2v) is 7.55. The highest BCUT2D eigenvalue weighted by Gasteiger charge is 2.20. The van der Waals surface area contributed by atoms with Crippen molar-refractivity contribution >= 4 is 39.3 Å². The van der Waals surface area contributed by atoms with Gasteiger partial charge in [-0.05, 0) is 45.0 Å². The van der Waals surface area contributed by atoms with Crippen LogP contribution < -0.4 is 4.90 Å². The van der Waals surface area contributed by atoms with Gasteiger partial charge in [0.15, 0.2) is 0 Å². The van der Waals surface area contributed by atoms with Crippen LogP contribution in [0, 0.1) is 6.57 Å². The second-order valence-electron chi connectivity index (χ2n) is 6.49. The second kappa shape index (κ2) is 7.64. The molecule has 0 aliphatic heterocycles. The minimum Gasteiger partial charge on any atom is -0.465 e. The number of benzene rings is 1. The van der Waals surface area contributed by atoms with E-state index in [0.717, 1.165) is 15.9 Å². The zero-order valence-electron chi connectivity index (χ0n) is 14.7. The molecule has 2 aromatic rings. The van der Waals surface area contributed by atoms with Crippen LogP contribution in [-0.2, 0) is 9.53 Å². The summed E-state index contributed by atoms with van der Waals surface area (Å²) in [6.45, 7) is 13.1. The van der Waals surface area contributed by atoms with Crippen LogP contribution in [0.3, 0.4) is 0 Å². The van der Waals surface area contributed by atoms with E-state index >= 15 is 0 Å². The number of aromatic nitrogens is 1. The minimum absolute atomic E-state index is 0.0788. The molecule has 0 bridgehead atoms. The van der Waals surface area contributed by atoms with Crippen LogP contribution in [0.25, 0.3) is 21.1 Å². The standard InChI is InChI=1S/C18H21N3O3S/c1-18(2,3)24-17(23)14(19-4)11-16-20-13-7-6-12(10-15(13)25-16)21(5)8-9-22/h6-7,10-11,22H,8-9H2,1-3,5H3/b14-11-. The molecule has 0 unspecified atom stereocenters. The molecule has 25 heavy (non-hydrogen) atoms. The van der Waals surface area contributed by atoms with E-state index in [4.69, 9.17) is 16.4 Å². The number of carbonyl (C=O) groups is 1. The molecule has 0 saturated carbocycles. The number of anilines is 1. The van der Waals surface area contributed by atoms with Crippen LogP contribution in [0.2, 0.25) is 0 Å². The molecule has 7 heteroatoms. The largest absolute Gasteiger partial charge is 0.465 e. The molecule has 132 valence electrons. The third kappa shape index (κ3) is 5.02. The molecular formula is C18H21N3O3S. The predicted molar refractivity (Wildman–Crippen MR) is 100 cm³/mol. The van der Waals surface area contributed by atoms with Gasteiger partial charge in [-0.25, -0.2) is 9.83 Å². The molecule has 0 amide bonds. The summed E-state index contributed by atoms with van der Waals surface area (Å²) >= 11 is 1.40. The fourth-order valence-electron chi connectivity index (χ4n) is 2.09. The van der Waals surface area contributed by atoms with Gasteiger partial charge in [0.05, 0.1) is 23.4 Å². The first-order valence-corrected chi connectivity index (χ1v) is 8.60. The number of esters is 1. The number of thiazole rings is 1. The van der Waals surface area contributed by atoms with Crippen LogP contribution in [0.5, 0.6) is 0 Å². The summed E-state index contributed by atoms with van der Waals surface area (Å²) in [5, 5.41) is 9.62. The zero-order valence-corrected chi connectivity index (χ0v) is 15.6. The molecule has 1 aromatic carbocycles. The lowest BCUT2D eigenvalue weighted by molar-refractivity contribution is -0.149. The Balaban J connectivity index is 2.31. The van der Waals surface area contributed by atoms with E-state index in [1.54, 1.807) is 20.8 Å². The van der Waals surface area contributed by atoms with Crippen molar-refractivity contribution in [3.05, 3.63) is 40.3 Å². The molecule has 0 aliphatic carbocycles. The van der Waals surface area contributed by atoms with Gasteiger partial charge in [0, 0.05) is 19.3 Å². The Labute approximate surface area is 151 Å². The highest BCUT2D eigenvalue weighted by atomic mass is 32.1. The Bertz CT molecular complexity index is 843. The topological polar surface area (TPSA) is 67.0 Å². The Morgan fingerprint density at radius 1 is 1.48 bits per heavy atom. The normalized spacial score (nSPS) is 12.1. The summed E-state index contributed by atoms with van der Waals surface area (Å²) < 4.78 is 6.19. The molecule has 1 aromatic heterocycles. The monoisotopic (exact) mass is 359 g/mol. The molecule has 1 heterocycles. The lowest BCUT2D eigenvalue weighted by Crippen LogP contribution is -2.24. The van der Waals surface area contributed by atoms with Crippen molar-refractivity contribution in [3.63, 3.8) is 0 Å². The number of aliphatic hydroxyl groups excluding tert-OH is 1. The lowest BCUT2D eigenvalue weighted by atomic mass is 10.2. The Hall–Kier alpha value is -2.43. The van der Waals surface area contributed by atoms with Gasteiger partial charge in [0.25, 0.3) is 5.70 Å². The average molecular weight is 359 g/mol. The van der Waals surface area contributed by atoms with Gasteiger partial charge in [0.1, 0.15) is 10.6 Å². The summed E-state index contributed by atoms with van der Waals surface area (Å²) in [5.74, 6) is -0.648. The third-order valence-corrected chi connectivity index (χ3v) is 4.22. The number of hydrogen-bond acceptors (Lipinski definition) is 6. The molecule has 0 atom stereocenters. The van der Waals surface area contributed by atoms with Crippen molar-refractivity contribution < 1.29 is 14.6 Å². The summed E-state index contributed by atoms with van der Waals surface area (Å²) in [6.07, 6.45) is 1.46. The van der Waals surface area contributed by atoms with Gasteiger partial charge < -0.3 is 14.7 Å². The first-order chi connectivity index (χ1) is 11.7. The van der Waals surface area contributed by atoms with Crippen molar-refractivity contribution in [2.24, 2.45) is 0 Å². The van der Waals surface area contributed by atoms with E-state index < -0.39 is 11.6 Å². The number of hydrogen-bond donors (Lipinski definition) is 1. The maximum absolute atomic E-state index is 12.1. The number of fused-ring (bicyclic) bond motifs is 1. The summed E-state index contributed by atoms with van der Waals surface area (Å²) in [5.41, 5.74) is 1.02. The average Bonchev–Trinajstić information content (AvgIpc) is 2.92. The maximum Gasteiger partial charge on any atom is 0.336 e. The van der Waals surface area contributed by atoms with Crippen LogP contribution in [0.1, 0.15) is 25.8 Å². The smallest absolute Gasteiger partial charge is 0.336 e. The Morgan fingerprint density at radius 2 is 2.20 bits per heavy atom. The van der Waals surface area contributed by atoms with E-state index in [1.165, 1.54) is 17.4 Å².